The predicted molar refractivity (Wildman–Crippen MR) is 88.5 cm³/mol. The molecule has 3 rings (SSSR count). The highest BCUT2D eigenvalue weighted by Gasteiger charge is 2.34. The topological polar surface area (TPSA) is 46.6 Å². The molecule has 0 aliphatic carbocycles. The van der Waals surface area contributed by atoms with Crippen LogP contribution in [0.2, 0.25) is 0 Å². The fourth-order valence-electron chi connectivity index (χ4n) is 2.68. The lowest BCUT2D eigenvalue weighted by Gasteiger charge is -2.15. The Labute approximate surface area is 135 Å². The van der Waals surface area contributed by atoms with Crippen molar-refractivity contribution in [3.8, 4) is 5.75 Å². The van der Waals surface area contributed by atoms with Gasteiger partial charge in [0.2, 0.25) is 0 Å². The molecule has 0 saturated heterocycles. The van der Waals surface area contributed by atoms with Crippen molar-refractivity contribution in [2.45, 2.75) is 6.42 Å². The standard InChI is InChI=1S/C19H17NO3/c1-13(14-6-5-7-15(12-14)23-2)10-11-20-18(21)16-8-3-4-9-17(16)19(20)22/h3-9,12H,1,10-11H2,2H3. The van der Waals surface area contributed by atoms with Gasteiger partial charge in [-0.3, -0.25) is 14.5 Å². The summed E-state index contributed by atoms with van der Waals surface area (Å²) in [5.74, 6) is 0.289. The zero-order valence-corrected chi connectivity index (χ0v) is 12.9. The quantitative estimate of drug-likeness (QED) is 0.795. The average molecular weight is 307 g/mol. The second-order valence-corrected chi connectivity index (χ2v) is 5.39. The van der Waals surface area contributed by atoms with Crippen molar-refractivity contribution in [2.24, 2.45) is 0 Å². The molecule has 2 aromatic carbocycles. The molecule has 1 aliphatic rings. The average Bonchev–Trinajstić information content (AvgIpc) is 2.84. The highest BCUT2D eigenvalue weighted by Crippen LogP contribution is 2.25. The number of hydrogen-bond donors (Lipinski definition) is 0. The smallest absolute Gasteiger partial charge is 0.261 e. The van der Waals surface area contributed by atoms with E-state index in [-0.39, 0.29) is 11.8 Å². The molecule has 116 valence electrons. The molecule has 1 aliphatic heterocycles. The van der Waals surface area contributed by atoms with Crippen molar-refractivity contribution in [3.63, 3.8) is 0 Å². The second-order valence-electron chi connectivity index (χ2n) is 5.39. The minimum absolute atomic E-state index is 0.232. The molecule has 0 N–H and O–H groups in total. The van der Waals surface area contributed by atoms with Gasteiger partial charge in [0.15, 0.2) is 0 Å². The number of methoxy groups -OCH3 is 1. The van der Waals surface area contributed by atoms with Crippen molar-refractivity contribution in [2.75, 3.05) is 13.7 Å². The number of rotatable bonds is 5. The first kappa shape index (κ1) is 15.0. The van der Waals surface area contributed by atoms with Crippen LogP contribution in [0.3, 0.4) is 0 Å². The normalized spacial score (nSPS) is 13.2. The number of nitrogens with zero attached hydrogens (tertiary/aromatic N) is 1. The van der Waals surface area contributed by atoms with Gasteiger partial charge in [-0.1, -0.05) is 30.8 Å². The van der Waals surface area contributed by atoms with E-state index >= 15 is 0 Å². The molecular weight excluding hydrogens is 290 g/mol. The van der Waals surface area contributed by atoms with E-state index < -0.39 is 0 Å². The molecule has 0 unspecified atom stereocenters. The number of imide groups is 1. The van der Waals surface area contributed by atoms with Gasteiger partial charge in [-0.15, -0.1) is 0 Å². The lowest BCUT2D eigenvalue weighted by atomic mass is 10.0. The number of carbonyl (C=O) groups is 2. The van der Waals surface area contributed by atoms with Crippen LogP contribution in [0.1, 0.15) is 32.7 Å². The molecule has 0 spiro atoms. The maximum Gasteiger partial charge on any atom is 0.261 e. The van der Waals surface area contributed by atoms with Gasteiger partial charge in [-0.05, 0) is 41.8 Å². The molecule has 2 aromatic rings. The van der Waals surface area contributed by atoms with E-state index in [1.807, 2.05) is 24.3 Å². The van der Waals surface area contributed by atoms with Crippen molar-refractivity contribution in [1.29, 1.82) is 0 Å². The van der Waals surface area contributed by atoms with Crippen LogP contribution in [-0.2, 0) is 0 Å². The Kier molecular flexibility index (Phi) is 3.98. The van der Waals surface area contributed by atoms with E-state index in [1.165, 1.54) is 4.90 Å². The Morgan fingerprint density at radius 2 is 1.70 bits per heavy atom. The van der Waals surface area contributed by atoms with E-state index in [0.29, 0.717) is 24.1 Å². The summed E-state index contributed by atoms with van der Waals surface area (Å²) in [4.78, 5) is 25.9. The predicted octanol–water partition coefficient (Wildman–Crippen LogP) is 3.39. The lowest BCUT2D eigenvalue weighted by Crippen LogP contribution is -2.30. The van der Waals surface area contributed by atoms with E-state index in [1.54, 1.807) is 31.4 Å². The molecule has 0 saturated carbocycles. The molecule has 0 aromatic heterocycles. The van der Waals surface area contributed by atoms with Gasteiger partial charge in [-0.25, -0.2) is 0 Å². The fraction of sp³-hybridized carbons (Fsp3) is 0.158. The molecule has 1 heterocycles. The first-order valence-electron chi connectivity index (χ1n) is 7.39. The van der Waals surface area contributed by atoms with Crippen molar-refractivity contribution < 1.29 is 14.3 Å². The fourth-order valence-corrected chi connectivity index (χ4v) is 2.68. The molecule has 0 atom stereocenters. The van der Waals surface area contributed by atoms with Gasteiger partial charge in [-0.2, -0.15) is 0 Å². The zero-order chi connectivity index (χ0) is 16.4. The molecule has 23 heavy (non-hydrogen) atoms. The molecule has 0 fully saturated rings. The summed E-state index contributed by atoms with van der Waals surface area (Å²) in [5.41, 5.74) is 2.76. The maximum absolute atomic E-state index is 12.3. The van der Waals surface area contributed by atoms with Crippen molar-refractivity contribution >= 4 is 17.4 Å². The van der Waals surface area contributed by atoms with Crippen LogP contribution in [0.4, 0.5) is 0 Å². The summed E-state index contributed by atoms with van der Waals surface area (Å²) in [6.45, 7) is 4.38. The first-order valence-corrected chi connectivity index (χ1v) is 7.39. The van der Waals surface area contributed by atoms with E-state index in [0.717, 1.165) is 16.9 Å². The Bertz CT molecular complexity index is 760. The largest absolute Gasteiger partial charge is 0.497 e. The summed E-state index contributed by atoms with van der Waals surface area (Å²) in [6, 6.07) is 14.5. The number of hydrogen-bond acceptors (Lipinski definition) is 3. The molecule has 4 nitrogen and oxygen atoms in total. The minimum atomic E-state index is -0.232. The number of ether oxygens (including phenoxy) is 1. The third-order valence-corrected chi connectivity index (χ3v) is 3.99. The SMILES string of the molecule is C=C(CCN1C(=O)c2ccccc2C1=O)c1cccc(OC)c1. The van der Waals surface area contributed by atoms with E-state index in [2.05, 4.69) is 6.58 Å². The summed E-state index contributed by atoms with van der Waals surface area (Å²) >= 11 is 0. The van der Waals surface area contributed by atoms with Crippen LogP contribution in [0, 0.1) is 0 Å². The van der Waals surface area contributed by atoms with Crippen LogP contribution in [-0.4, -0.2) is 30.4 Å². The third-order valence-electron chi connectivity index (χ3n) is 3.99. The van der Waals surface area contributed by atoms with Crippen molar-refractivity contribution in [3.05, 3.63) is 71.8 Å². The molecular formula is C19H17NO3. The van der Waals surface area contributed by atoms with E-state index in [9.17, 15) is 9.59 Å². The summed E-state index contributed by atoms with van der Waals surface area (Å²) in [7, 11) is 1.61. The van der Waals surface area contributed by atoms with Crippen LogP contribution in [0.5, 0.6) is 5.75 Å². The van der Waals surface area contributed by atoms with Gasteiger partial charge < -0.3 is 4.74 Å². The molecule has 2 amide bonds. The van der Waals surface area contributed by atoms with Crippen LogP contribution in [0.15, 0.2) is 55.1 Å². The Morgan fingerprint density at radius 3 is 2.30 bits per heavy atom. The monoisotopic (exact) mass is 307 g/mol. The third kappa shape index (κ3) is 2.75. The number of carbonyl (C=O) groups excluding carboxylic acids is 2. The van der Waals surface area contributed by atoms with Gasteiger partial charge in [0, 0.05) is 6.54 Å². The lowest BCUT2D eigenvalue weighted by molar-refractivity contribution is 0.0658. The zero-order valence-electron chi connectivity index (χ0n) is 12.9. The summed E-state index contributed by atoms with van der Waals surface area (Å²) in [6.07, 6.45) is 0.526. The summed E-state index contributed by atoms with van der Waals surface area (Å²) < 4.78 is 5.20. The van der Waals surface area contributed by atoms with Crippen LogP contribution < -0.4 is 4.74 Å². The van der Waals surface area contributed by atoms with Crippen molar-refractivity contribution in [1.82, 2.24) is 4.90 Å². The second kappa shape index (κ2) is 6.08. The van der Waals surface area contributed by atoms with Gasteiger partial charge in [0.1, 0.15) is 5.75 Å². The van der Waals surface area contributed by atoms with Gasteiger partial charge in [0.05, 0.1) is 18.2 Å². The summed E-state index contributed by atoms with van der Waals surface area (Å²) in [5, 5.41) is 0. The Hall–Kier alpha value is -2.88. The van der Waals surface area contributed by atoms with Gasteiger partial charge in [0.25, 0.3) is 11.8 Å². The van der Waals surface area contributed by atoms with E-state index in [4.69, 9.17) is 4.74 Å². The minimum Gasteiger partial charge on any atom is -0.497 e. The Balaban J connectivity index is 1.71. The number of fused-ring (bicyclic) bond motifs is 1. The molecule has 0 bridgehead atoms. The van der Waals surface area contributed by atoms with Crippen LogP contribution in [0.25, 0.3) is 5.57 Å². The highest BCUT2D eigenvalue weighted by atomic mass is 16.5. The Morgan fingerprint density at radius 1 is 1.04 bits per heavy atom. The highest BCUT2D eigenvalue weighted by molar-refractivity contribution is 6.21. The van der Waals surface area contributed by atoms with Crippen LogP contribution >= 0.6 is 0 Å². The molecule has 4 heteroatoms. The first-order chi connectivity index (χ1) is 11.1. The number of benzene rings is 2. The number of amides is 2. The maximum atomic E-state index is 12.3. The molecule has 0 radical (unpaired) electrons. The van der Waals surface area contributed by atoms with Gasteiger partial charge >= 0.3 is 0 Å².